The summed E-state index contributed by atoms with van der Waals surface area (Å²) in [5.41, 5.74) is 4.21. The molecule has 0 spiro atoms. The van der Waals surface area contributed by atoms with E-state index >= 15 is 0 Å². The van der Waals surface area contributed by atoms with Crippen LogP contribution in [-0.4, -0.2) is 10.9 Å². The first-order chi connectivity index (χ1) is 11.1. The number of hydrogen-bond donors (Lipinski definition) is 2. The average Bonchev–Trinajstić information content (AvgIpc) is 2.93. The molecule has 0 saturated carbocycles. The standard InChI is InChI=1S/C18H18N2O3/c1-2-12-3-7-14(8-4-12)19-17(21)10-6-13-5-9-16-15(11-13)20-18(22)23-16/h3-5,7-9,11H,2,6,10H2,1H3,(H,19,21)(H,20,22). The number of nitrogens with one attached hydrogen (secondary N) is 2. The van der Waals surface area contributed by atoms with E-state index in [2.05, 4.69) is 17.2 Å². The Kier molecular flexibility index (Phi) is 4.28. The van der Waals surface area contributed by atoms with Crippen LogP contribution in [0, 0.1) is 0 Å². The van der Waals surface area contributed by atoms with Crippen molar-refractivity contribution in [2.75, 3.05) is 5.32 Å². The monoisotopic (exact) mass is 310 g/mol. The summed E-state index contributed by atoms with van der Waals surface area (Å²) in [6, 6.07) is 13.3. The molecule has 2 aromatic carbocycles. The lowest BCUT2D eigenvalue weighted by atomic mass is 10.1. The lowest BCUT2D eigenvalue weighted by Gasteiger charge is -2.06. The molecule has 0 aliphatic carbocycles. The Morgan fingerprint density at radius 3 is 2.61 bits per heavy atom. The molecule has 1 heterocycles. The van der Waals surface area contributed by atoms with Gasteiger partial charge in [0.05, 0.1) is 5.52 Å². The quantitative estimate of drug-likeness (QED) is 0.759. The van der Waals surface area contributed by atoms with Gasteiger partial charge in [0, 0.05) is 12.1 Å². The van der Waals surface area contributed by atoms with Gasteiger partial charge in [-0.2, -0.15) is 0 Å². The third kappa shape index (κ3) is 3.69. The van der Waals surface area contributed by atoms with Gasteiger partial charge >= 0.3 is 5.76 Å². The molecule has 118 valence electrons. The Morgan fingerprint density at radius 1 is 1.13 bits per heavy atom. The van der Waals surface area contributed by atoms with E-state index in [1.54, 1.807) is 6.07 Å². The van der Waals surface area contributed by atoms with Gasteiger partial charge in [0.15, 0.2) is 5.58 Å². The van der Waals surface area contributed by atoms with Crippen LogP contribution >= 0.6 is 0 Å². The zero-order valence-electron chi connectivity index (χ0n) is 12.9. The molecule has 5 nitrogen and oxygen atoms in total. The largest absolute Gasteiger partial charge is 0.417 e. The second-order valence-electron chi connectivity index (χ2n) is 5.44. The number of carbonyl (C=O) groups excluding carboxylic acids is 1. The van der Waals surface area contributed by atoms with Crippen LogP contribution in [0.4, 0.5) is 5.69 Å². The first-order valence-corrected chi connectivity index (χ1v) is 7.64. The highest BCUT2D eigenvalue weighted by Crippen LogP contribution is 2.14. The van der Waals surface area contributed by atoms with Crippen molar-refractivity contribution in [2.45, 2.75) is 26.2 Å². The molecule has 0 bridgehead atoms. The topological polar surface area (TPSA) is 75.1 Å². The van der Waals surface area contributed by atoms with Crippen LogP contribution in [0.2, 0.25) is 0 Å². The molecule has 0 atom stereocenters. The molecule has 0 saturated heterocycles. The van der Waals surface area contributed by atoms with Crippen molar-refractivity contribution < 1.29 is 9.21 Å². The Bertz CT molecular complexity index is 875. The van der Waals surface area contributed by atoms with E-state index in [4.69, 9.17) is 4.42 Å². The Morgan fingerprint density at radius 2 is 1.87 bits per heavy atom. The number of H-pyrrole nitrogens is 1. The molecule has 5 heteroatoms. The van der Waals surface area contributed by atoms with Gasteiger partial charge in [-0.1, -0.05) is 25.1 Å². The van der Waals surface area contributed by atoms with Gasteiger partial charge in [-0.05, 0) is 48.2 Å². The van der Waals surface area contributed by atoms with Crippen molar-refractivity contribution >= 4 is 22.7 Å². The van der Waals surface area contributed by atoms with Gasteiger partial charge in [0.25, 0.3) is 0 Å². The van der Waals surface area contributed by atoms with Crippen molar-refractivity contribution in [1.29, 1.82) is 0 Å². The van der Waals surface area contributed by atoms with E-state index in [-0.39, 0.29) is 5.91 Å². The molecule has 1 aromatic heterocycles. The Labute approximate surface area is 133 Å². The fraction of sp³-hybridized carbons (Fsp3) is 0.222. The lowest BCUT2D eigenvalue weighted by Crippen LogP contribution is -2.12. The maximum Gasteiger partial charge on any atom is 0.417 e. The first-order valence-electron chi connectivity index (χ1n) is 7.64. The number of fused-ring (bicyclic) bond motifs is 1. The predicted molar refractivity (Wildman–Crippen MR) is 89.6 cm³/mol. The second-order valence-corrected chi connectivity index (χ2v) is 5.44. The molecule has 3 aromatic rings. The summed E-state index contributed by atoms with van der Waals surface area (Å²) in [7, 11) is 0. The van der Waals surface area contributed by atoms with Crippen LogP contribution in [-0.2, 0) is 17.6 Å². The second kappa shape index (κ2) is 6.52. The van der Waals surface area contributed by atoms with Crippen molar-refractivity contribution in [1.82, 2.24) is 4.98 Å². The Hall–Kier alpha value is -2.82. The summed E-state index contributed by atoms with van der Waals surface area (Å²) in [4.78, 5) is 25.8. The van der Waals surface area contributed by atoms with E-state index in [0.29, 0.717) is 23.9 Å². The average molecular weight is 310 g/mol. The Balaban J connectivity index is 1.59. The molecule has 0 aliphatic heterocycles. The molecular formula is C18H18N2O3. The van der Waals surface area contributed by atoms with Crippen molar-refractivity contribution in [2.24, 2.45) is 0 Å². The summed E-state index contributed by atoms with van der Waals surface area (Å²) < 4.78 is 4.96. The summed E-state index contributed by atoms with van der Waals surface area (Å²) in [6.07, 6.45) is 1.96. The van der Waals surface area contributed by atoms with Crippen LogP contribution in [0.25, 0.3) is 11.1 Å². The minimum absolute atomic E-state index is 0.0324. The summed E-state index contributed by atoms with van der Waals surface area (Å²) in [6.45, 7) is 2.09. The first kappa shape index (κ1) is 15.1. The highest BCUT2D eigenvalue weighted by Gasteiger charge is 2.06. The highest BCUT2D eigenvalue weighted by molar-refractivity contribution is 5.90. The number of rotatable bonds is 5. The van der Waals surface area contributed by atoms with E-state index in [1.807, 2.05) is 36.4 Å². The van der Waals surface area contributed by atoms with Gasteiger partial charge in [0.1, 0.15) is 0 Å². The number of oxazole rings is 1. The number of aromatic amines is 1. The van der Waals surface area contributed by atoms with Crippen LogP contribution < -0.4 is 11.1 Å². The maximum atomic E-state index is 12.0. The minimum Gasteiger partial charge on any atom is -0.408 e. The fourth-order valence-corrected chi connectivity index (χ4v) is 2.46. The fourth-order valence-electron chi connectivity index (χ4n) is 2.46. The van der Waals surface area contributed by atoms with E-state index in [9.17, 15) is 9.59 Å². The number of aromatic nitrogens is 1. The zero-order valence-corrected chi connectivity index (χ0v) is 12.9. The van der Waals surface area contributed by atoms with Gasteiger partial charge in [-0.15, -0.1) is 0 Å². The predicted octanol–water partition coefficient (Wildman–Crippen LogP) is 3.25. The maximum absolute atomic E-state index is 12.0. The number of benzene rings is 2. The van der Waals surface area contributed by atoms with Gasteiger partial charge in [0.2, 0.25) is 5.91 Å². The smallest absolute Gasteiger partial charge is 0.408 e. The SMILES string of the molecule is CCc1ccc(NC(=O)CCc2ccc3oc(=O)[nH]c3c2)cc1. The van der Waals surface area contributed by atoms with E-state index < -0.39 is 5.76 Å². The molecule has 23 heavy (non-hydrogen) atoms. The van der Waals surface area contributed by atoms with Crippen molar-refractivity contribution in [3.05, 3.63) is 64.1 Å². The molecule has 0 radical (unpaired) electrons. The molecule has 0 unspecified atom stereocenters. The molecule has 0 fully saturated rings. The van der Waals surface area contributed by atoms with Crippen LogP contribution in [0.15, 0.2) is 51.7 Å². The third-order valence-electron chi connectivity index (χ3n) is 3.77. The minimum atomic E-state index is -0.467. The van der Waals surface area contributed by atoms with Gasteiger partial charge in [-0.3, -0.25) is 9.78 Å². The number of aryl methyl sites for hydroxylation is 2. The van der Waals surface area contributed by atoms with Crippen molar-refractivity contribution in [3.8, 4) is 0 Å². The van der Waals surface area contributed by atoms with E-state index in [1.165, 1.54) is 5.56 Å². The number of hydrogen-bond acceptors (Lipinski definition) is 3. The molecular weight excluding hydrogens is 292 g/mol. The molecule has 1 amide bonds. The van der Waals surface area contributed by atoms with Crippen LogP contribution in [0.3, 0.4) is 0 Å². The number of amides is 1. The number of anilines is 1. The summed E-state index contributed by atoms with van der Waals surface area (Å²) >= 11 is 0. The zero-order chi connectivity index (χ0) is 16.2. The molecule has 0 aliphatic rings. The summed E-state index contributed by atoms with van der Waals surface area (Å²) in [5.74, 6) is -0.500. The lowest BCUT2D eigenvalue weighted by molar-refractivity contribution is -0.116. The summed E-state index contributed by atoms with van der Waals surface area (Å²) in [5, 5.41) is 2.89. The van der Waals surface area contributed by atoms with E-state index in [0.717, 1.165) is 17.7 Å². The van der Waals surface area contributed by atoms with Crippen LogP contribution in [0.1, 0.15) is 24.5 Å². The van der Waals surface area contributed by atoms with Crippen LogP contribution in [0.5, 0.6) is 0 Å². The highest BCUT2D eigenvalue weighted by atomic mass is 16.4. The molecule has 3 rings (SSSR count). The normalized spacial score (nSPS) is 10.8. The number of carbonyl (C=O) groups is 1. The van der Waals surface area contributed by atoms with Gasteiger partial charge < -0.3 is 9.73 Å². The van der Waals surface area contributed by atoms with Crippen molar-refractivity contribution in [3.63, 3.8) is 0 Å². The third-order valence-corrected chi connectivity index (χ3v) is 3.77. The van der Waals surface area contributed by atoms with Gasteiger partial charge in [-0.25, -0.2) is 4.79 Å². The molecule has 2 N–H and O–H groups in total.